The lowest BCUT2D eigenvalue weighted by atomic mass is 10.1. The molecule has 0 aliphatic heterocycles. The molecule has 0 amide bonds. The number of nitrogens with zero attached hydrogens (tertiary/aromatic N) is 1. The van der Waals surface area contributed by atoms with E-state index in [-0.39, 0.29) is 6.61 Å². The van der Waals surface area contributed by atoms with Crippen LogP contribution >= 0.6 is 0 Å². The standard InChI is InChI=1S/C14H20N2O3/c1-2-19-14(18)11-4-3-5-12(13(11)15)16(8-9-17)10-6-7-10/h3-5,10,17H,2,6-9,15H2,1H3. The van der Waals surface area contributed by atoms with E-state index in [0.29, 0.717) is 30.4 Å². The maximum atomic E-state index is 11.8. The quantitative estimate of drug-likeness (QED) is 0.600. The number of anilines is 2. The van der Waals surface area contributed by atoms with Gasteiger partial charge in [0.2, 0.25) is 0 Å². The van der Waals surface area contributed by atoms with E-state index in [0.717, 1.165) is 18.5 Å². The third kappa shape index (κ3) is 2.98. The highest BCUT2D eigenvalue weighted by molar-refractivity contribution is 5.98. The molecular formula is C14H20N2O3. The molecule has 1 aliphatic carbocycles. The highest BCUT2D eigenvalue weighted by Crippen LogP contribution is 2.35. The Kier molecular flexibility index (Phi) is 4.27. The van der Waals surface area contributed by atoms with E-state index in [9.17, 15) is 4.79 Å². The normalized spacial score (nSPS) is 14.2. The molecule has 0 heterocycles. The number of aliphatic hydroxyl groups excluding tert-OH is 1. The lowest BCUT2D eigenvalue weighted by Crippen LogP contribution is -2.30. The fraction of sp³-hybridized carbons (Fsp3) is 0.500. The van der Waals surface area contributed by atoms with Crippen molar-refractivity contribution < 1.29 is 14.6 Å². The van der Waals surface area contributed by atoms with Crippen LogP contribution in [0.5, 0.6) is 0 Å². The largest absolute Gasteiger partial charge is 0.462 e. The number of hydrogen-bond acceptors (Lipinski definition) is 5. The molecule has 1 aliphatic rings. The predicted molar refractivity (Wildman–Crippen MR) is 74.3 cm³/mol. The van der Waals surface area contributed by atoms with Crippen molar-refractivity contribution in [1.29, 1.82) is 0 Å². The molecule has 0 aromatic heterocycles. The third-order valence-corrected chi connectivity index (χ3v) is 3.22. The van der Waals surface area contributed by atoms with Gasteiger partial charge in [-0.05, 0) is 31.9 Å². The van der Waals surface area contributed by atoms with Gasteiger partial charge in [-0.1, -0.05) is 6.07 Å². The Morgan fingerprint density at radius 2 is 2.26 bits per heavy atom. The minimum Gasteiger partial charge on any atom is -0.462 e. The number of nitrogens with two attached hydrogens (primary N) is 1. The molecule has 2 rings (SSSR count). The van der Waals surface area contributed by atoms with E-state index >= 15 is 0 Å². The van der Waals surface area contributed by atoms with Gasteiger partial charge in [0.25, 0.3) is 0 Å². The fourth-order valence-electron chi connectivity index (χ4n) is 2.18. The molecule has 0 atom stereocenters. The van der Waals surface area contributed by atoms with Crippen LogP contribution in [0.25, 0.3) is 0 Å². The van der Waals surface area contributed by atoms with Crippen LogP contribution < -0.4 is 10.6 Å². The molecule has 3 N–H and O–H groups in total. The van der Waals surface area contributed by atoms with Gasteiger partial charge in [-0.2, -0.15) is 0 Å². The number of ether oxygens (including phenoxy) is 1. The smallest absolute Gasteiger partial charge is 0.340 e. The number of carbonyl (C=O) groups is 1. The summed E-state index contributed by atoms with van der Waals surface area (Å²) >= 11 is 0. The summed E-state index contributed by atoms with van der Waals surface area (Å²) in [5.74, 6) is -0.401. The van der Waals surface area contributed by atoms with Crippen molar-refractivity contribution in [3.63, 3.8) is 0 Å². The average Bonchev–Trinajstić information content (AvgIpc) is 3.21. The van der Waals surface area contributed by atoms with Crippen molar-refractivity contribution in [3.05, 3.63) is 23.8 Å². The highest BCUT2D eigenvalue weighted by Gasteiger charge is 2.30. The maximum Gasteiger partial charge on any atom is 0.340 e. The zero-order valence-electron chi connectivity index (χ0n) is 11.1. The highest BCUT2D eigenvalue weighted by atomic mass is 16.5. The van der Waals surface area contributed by atoms with E-state index in [4.69, 9.17) is 15.6 Å². The second-order valence-electron chi connectivity index (χ2n) is 4.61. The van der Waals surface area contributed by atoms with E-state index in [1.165, 1.54) is 0 Å². The van der Waals surface area contributed by atoms with Crippen molar-refractivity contribution in [2.24, 2.45) is 0 Å². The molecule has 5 nitrogen and oxygen atoms in total. The number of hydrogen-bond donors (Lipinski definition) is 2. The van der Waals surface area contributed by atoms with Crippen LogP contribution in [0.15, 0.2) is 18.2 Å². The Hall–Kier alpha value is -1.75. The number of benzene rings is 1. The maximum absolute atomic E-state index is 11.8. The molecule has 1 saturated carbocycles. The van der Waals surface area contributed by atoms with Gasteiger partial charge in [-0.3, -0.25) is 0 Å². The van der Waals surface area contributed by atoms with Crippen LogP contribution in [-0.4, -0.2) is 36.9 Å². The van der Waals surface area contributed by atoms with Crippen molar-refractivity contribution in [3.8, 4) is 0 Å². The molecule has 0 spiro atoms. The number of rotatable bonds is 6. The summed E-state index contributed by atoms with van der Waals surface area (Å²) in [4.78, 5) is 13.9. The summed E-state index contributed by atoms with van der Waals surface area (Å²) < 4.78 is 4.99. The lowest BCUT2D eigenvalue weighted by Gasteiger charge is -2.26. The molecule has 5 heteroatoms. The van der Waals surface area contributed by atoms with Gasteiger partial charge in [0.1, 0.15) is 0 Å². The first-order valence-corrected chi connectivity index (χ1v) is 6.62. The molecule has 0 unspecified atom stereocenters. The topological polar surface area (TPSA) is 75.8 Å². The first-order chi connectivity index (χ1) is 9.19. The Balaban J connectivity index is 2.29. The number of carbonyl (C=O) groups excluding carboxylic acids is 1. The number of esters is 1. The van der Waals surface area contributed by atoms with Crippen LogP contribution in [0.1, 0.15) is 30.1 Å². The molecule has 19 heavy (non-hydrogen) atoms. The Bertz CT molecular complexity index is 458. The average molecular weight is 264 g/mol. The van der Waals surface area contributed by atoms with Gasteiger partial charge in [-0.25, -0.2) is 4.79 Å². The van der Waals surface area contributed by atoms with Crippen LogP contribution in [-0.2, 0) is 4.74 Å². The minimum absolute atomic E-state index is 0.0690. The first kappa shape index (κ1) is 13.7. The first-order valence-electron chi connectivity index (χ1n) is 6.62. The number of aliphatic hydroxyl groups is 1. The zero-order valence-corrected chi connectivity index (χ0v) is 11.1. The third-order valence-electron chi connectivity index (χ3n) is 3.22. The molecule has 1 aromatic carbocycles. The van der Waals surface area contributed by atoms with Crippen molar-refractivity contribution >= 4 is 17.3 Å². The summed E-state index contributed by atoms with van der Waals surface area (Å²) in [6.07, 6.45) is 2.20. The zero-order chi connectivity index (χ0) is 13.8. The molecular weight excluding hydrogens is 244 g/mol. The minimum atomic E-state index is -0.401. The second-order valence-corrected chi connectivity index (χ2v) is 4.61. The SMILES string of the molecule is CCOC(=O)c1cccc(N(CCO)C2CC2)c1N. The predicted octanol–water partition coefficient (Wildman–Crippen LogP) is 1.41. The number of para-hydroxylation sites is 1. The molecule has 0 radical (unpaired) electrons. The van der Waals surface area contributed by atoms with Gasteiger partial charge in [0, 0.05) is 12.6 Å². The summed E-state index contributed by atoms with van der Waals surface area (Å²) in [7, 11) is 0. The molecule has 1 fully saturated rings. The van der Waals surface area contributed by atoms with Gasteiger partial charge >= 0.3 is 5.97 Å². The lowest BCUT2D eigenvalue weighted by molar-refractivity contribution is 0.0527. The summed E-state index contributed by atoms with van der Waals surface area (Å²) in [6.45, 7) is 2.69. The van der Waals surface area contributed by atoms with Crippen molar-refractivity contribution in [2.45, 2.75) is 25.8 Å². The molecule has 104 valence electrons. The van der Waals surface area contributed by atoms with Crippen molar-refractivity contribution in [1.82, 2.24) is 0 Å². The van der Waals surface area contributed by atoms with Crippen LogP contribution in [0.4, 0.5) is 11.4 Å². The van der Waals surface area contributed by atoms with E-state index in [2.05, 4.69) is 4.90 Å². The van der Waals surface area contributed by atoms with Gasteiger partial charge < -0.3 is 20.5 Å². The van der Waals surface area contributed by atoms with Gasteiger partial charge in [-0.15, -0.1) is 0 Å². The van der Waals surface area contributed by atoms with Gasteiger partial charge in [0.15, 0.2) is 0 Å². The molecule has 1 aromatic rings. The Morgan fingerprint density at radius 1 is 1.53 bits per heavy atom. The van der Waals surface area contributed by atoms with E-state index in [1.807, 2.05) is 6.07 Å². The second kappa shape index (κ2) is 5.93. The molecule has 0 bridgehead atoms. The Labute approximate surface area is 113 Å². The van der Waals surface area contributed by atoms with Gasteiger partial charge in [0.05, 0.1) is 30.2 Å². The number of nitrogen functional groups attached to an aromatic ring is 1. The molecule has 0 saturated heterocycles. The summed E-state index contributed by atoms with van der Waals surface area (Å²) in [5.41, 5.74) is 7.72. The van der Waals surface area contributed by atoms with Crippen LogP contribution in [0, 0.1) is 0 Å². The monoisotopic (exact) mass is 264 g/mol. The van der Waals surface area contributed by atoms with Crippen molar-refractivity contribution in [2.75, 3.05) is 30.4 Å². The summed E-state index contributed by atoms with van der Waals surface area (Å²) in [5, 5.41) is 9.15. The van der Waals surface area contributed by atoms with E-state index in [1.54, 1.807) is 19.1 Å². The summed E-state index contributed by atoms with van der Waals surface area (Å²) in [6, 6.07) is 5.77. The Morgan fingerprint density at radius 3 is 2.84 bits per heavy atom. The fourth-order valence-corrected chi connectivity index (χ4v) is 2.18. The van der Waals surface area contributed by atoms with E-state index < -0.39 is 5.97 Å². The van der Waals surface area contributed by atoms with Crippen LogP contribution in [0.3, 0.4) is 0 Å². The van der Waals surface area contributed by atoms with Crippen LogP contribution in [0.2, 0.25) is 0 Å².